The summed E-state index contributed by atoms with van der Waals surface area (Å²) in [4.78, 5) is 11.2. The molecule has 76 valence electrons. The standard InChI is InChI=1S/C8H8ClFN2OS/c1-12(14-9)8(13)11-7-5-3-2-4-6(7)10/h2-5H,1H3,(H,11,13). The molecule has 14 heavy (non-hydrogen) atoms. The van der Waals surface area contributed by atoms with E-state index in [4.69, 9.17) is 10.7 Å². The van der Waals surface area contributed by atoms with Gasteiger partial charge in [-0.3, -0.25) is 4.31 Å². The molecule has 0 aromatic heterocycles. The molecule has 2 amide bonds. The van der Waals surface area contributed by atoms with Gasteiger partial charge in [0.25, 0.3) is 0 Å². The molecule has 0 radical (unpaired) electrons. The highest BCUT2D eigenvalue weighted by atomic mass is 35.7. The molecule has 0 aliphatic rings. The van der Waals surface area contributed by atoms with Crippen LogP contribution in [0.3, 0.4) is 0 Å². The molecular formula is C8H8ClFN2OS. The van der Waals surface area contributed by atoms with E-state index in [0.29, 0.717) is 0 Å². The summed E-state index contributed by atoms with van der Waals surface area (Å²) in [5.41, 5.74) is 0.134. The number of nitrogens with one attached hydrogen (secondary N) is 1. The van der Waals surface area contributed by atoms with Gasteiger partial charge in [-0.1, -0.05) is 12.1 Å². The summed E-state index contributed by atoms with van der Waals surface area (Å²) in [5.74, 6) is -0.478. The molecule has 0 heterocycles. The molecule has 0 spiro atoms. The van der Waals surface area contributed by atoms with Gasteiger partial charge >= 0.3 is 6.03 Å². The number of amides is 2. The molecule has 1 aromatic rings. The van der Waals surface area contributed by atoms with Crippen molar-refractivity contribution < 1.29 is 9.18 Å². The molecular weight excluding hydrogens is 227 g/mol. The smallest absolute Gasteiger partial charge is 0.304 e. The van der Waals surface area contributed by atoms with Crippen LogP contribution in [0.25, 0.3) is 0 Å². The molecule has 1 N–H and O–H groups in total. The van der Waals surface area contributed by atoms with E-state index in [1.54, 1.807) is 12.1 Å². The highest BCUT2D eigenvalue weighted by Crippen LogP contribution is 2.16. The first-order chi connectivity index (χ1) is 6.65. The second kappa shape index (κ2) is 5.07. The fraction of sp³-hybridized carbons (Fsp3) is 0.125. The van der Waals surface area contributed by atoms with Crippen molar-refractivity contribution in [2.75, 3.05) is 12.4 Å². The van der Waals surface area contributed by atoms with E-state index in [-0.39, 0.29) is 5.69 Å². The number of hydrogen-bond acceptors (Lipinski definition) is 2. The molecule has 6 heteroatoms. The molecule has 0 saturated heterocycles. The maximum absolute atomic E-state index is 13.0. The molecule has 0 aliphatic heterocycles. The third-order valence-electron chi connectivity index (χ3n) is 1.50. The Labute approximate surface area is 89.9 Å². The number of rotatable bonds is 2. The minimum absolute atomic E-state index is 0.134. The van der Waals surface area contributed by atoms with E-state index in [2.05, 4.69) is 5.32 Å². The first-order valence-corrected chi connectivity index (χ1v) is 5.33. The number of nitrogens with zero attached hydrogens (tertiary/aromatic N) is 1. The van der Waals surface area contributed by atoms with Gasteiger partial charge in [0, 0.05) is 7.05 Å². The van der Waals surface area contributed by atoms with Crippen LogP contribution in [0.2, 0.25) is 0 Å². The van der Waals surface area contributed by atoms with Crippen molar-refractivity contribution in [1.29, 1.82) is 0 Å². The molecule has 0 fully saturated rings. The van der Waals surface area contributed by atoms with Gasteiger partial charge in [-0.2, -0.15) is 0 Å². The molecule has 0 bridgehead atoms. The molecule has 0 aliphatic carbocycles. The van der Waals surface area contributed by atoms with Crippen LogP contribution in [0.15, 0.2) is 24.3 Å². The molecule has 1 aromatic carbocycles. The summed E-state index contributed by atoms with van der Waals surface area (Å²) in [6, 6.07) is 5.44. The average molecular weight is 235 g/mol. The van der Waals surface area contributed by atoms with E-state index in [0.717, 1.165) is 15.5 Å². The van der Waals surface area contributed by atoms with Crippen molar-refractivity contribution in [2.45, 2.75) is 0 Å². The molecule has 3 nitrogen and oxygen atoms in total. The van der Waals surface area contributed by atoms with Gasteiger partial charge in [0.15, 0.2) is 0 Å². The summed E-state index contributed by atoms with van der Waals surface area (Å²) in [7, 11) is 6.82. The van der Waals surface area contributed by atoms with Crippen LogP contribution in [0.5, 0.6) is 0 Å². The average Bonchev–Trinajstić information content (AvgIpc) is 2.20. The topological polar surface area (TPSA) is 32.3 Å². The number of benzene rings is 1. The van der Waals surface area contributed by atoms with E-state index >= 15 is 0 Å². The number of urea groups is 1. The lowest BCUT2D eigenvalue weighted by atomic mass is 10.3. The molecule has 0 atom stereocenters. The number of carbonyl (C=O) groups excluding carboxylic acids is 1. The summed E-state index contributed by atoms with van der Waals surface area (Å²) in [6.07, 6.45) is 0. The summed E-state index contributed by atoms with van der Waals surface area (Å²) in [6.45, 7) is 0. The van der Waals surface area contributed by atoms with Crippen molar-refractivity contribution in [3.63, 3.8) is 0 Å². The predicted molar refractivity (Wildman–Crippen MR) is 56.6 cm³/mol. The zero-order valence-electron chi connectivity index (χ0n) is 7.33. The Morgan fingerprint density at radius 1 is 1.57 bits per heavy atom. The number of carbonyl (C=O) groups is 1. The van der Waals surface area contributed by atoms with E-state index in [1.807, 2.05) is 0 Å². The van der Waals surface area contributed by atoms with Crippen LogP contribution in [-0.4, -0.2) is 17.4 Å². The number of halogens is 2. The third-order valence-corrected chi connectivity index (χ3v) is 2.50. The van der Waals surface area contributed by atoms with E-state index in [9.17, 15) is 9.18 Å². The van der Waals surface area contributed by atoms with Gasteiger partial charge in [-0.25, -0.2) is 9.18 Å². The first kappa shape index (κ1) is 11.1. The van der Waals surface area contributed by atoms with Crippen LogP contribution in [0.1, 0.15) is 0 Å². The van der Waals surface area contributed by atoms with Crippen molar-refractivity contribution >= 4 is 33.6 Å². The van der Waals surface area contributed by atoms with Crippen LogP contribution in [0, 0.1) is 5.82 Å². The number of anilines is 1. The third kappa shape index (κ3) is 2.78. The van der Waals surface area contributed by atoms with Crippen molar-refractivity contribution in [3.8, 4) is 0 Å². The van der Waals surface area contributed by atoms with Crippen molar-refractivity contribution in [2.24, 2.45) is 0 Å². The normalized spacial score (nSPS) is 9.64. The Morgan fingerprint density at radius 2 is 2.21 bits per heavy atom. The van der Waals surface area contributed by atoms with E-state index < -0.39 is 11.8 Å². The van der Waals surface area contributed by atoms with Gasteiger partial charge in [-0.15, -0.1) is 0 Å². The van der Waals surface area contributed by atoms with Gasteiger partial charge in [0.1, 0.15) is 5.82 Å². The molecule has 1 rings (SSSR count). The minimum Gasteiger partial charge on any atom is -0.304 e. The number of hydrogen-bond donors (Lipinski definition) is 1. The number of para-hydroxylation sites is 1. The maximum atomic E-state index is 13.0. The minimum atomic E-state index is -0.478. The summed E-state index contributed by atoms with van der Waals surface area (Å²) < 4.78 is 14.2. The van der Waals surface area contributed by atoms with Gasteiger partial charge in [0.2, 0.25) is 0 Å². The lowest BCUT2D eigenvalue weighted by Gasteiger charge is -2.12. The zero-order valence-corrected chi connectivity index (χ0v) is 8.90. The van der Waals surface area contributed by atoms with Crippen LogP contribution < -0.4 is 5.32 Å². The van der Waals surface area contributed by atoms with Gasteiger partial charge in [-0.05, 0) is 22.8 Å². The largest absolute Gasteiger partial charge is 0.332 e. The second-order valence-electron chi connectivity index (χ2n) is 2.48. The lowest BCUT2D eigenvalue weighted by molar-refractivity contribution is 0.243. The second-order valence-corrected chi connectivity index (χ2v) is 3.58. The zero-order chi connectivity index (χ0) is 10.6. The van der Waals surface area contributed by atoms with Crippen molar-refractivity contribution in [3.05, 3.63) is 30.1 Å². The predicted octanol–water partition coefficient (Wildman–Crippen LogP) is 3.09. The lowest BCUT2D eigenvalue weighted by Crippen LogP contribution is -2.24. The monoisotopic (exact) mass is 234 g/mol. The Morgan fingerprint density at radius 3 is 2.79 bits per heavy atom. The summed E-state index contributed by atoms with van der Waals surface area (Å²) in [5, 5.41) is 2.37. The molecule has 0 saturated carbocycles. The first-order valence-electron chi connectivity index (χ1n) is 3.73. The summed E-state index contributed by atoms with van der Waals surface area (Å²) >= 11 is 0.729. The van der Waals surface area contributed by atoms with Crippen LogP contribution in [0.4, 0.5) is 14.9 Å². The quantitative estimate of drug-likeness (QED) is 0.798. The van der Waals surface area contributed by atoms with Crippen LogP contribution in [-0.2, 0) is 0 Å². The van der Waals surface area contributed by atoms with Crippen LogP contribution >= 0.6 is 21.8 Å². The Bertz CT molecular complexity index is 337. The van der Waals surface area contributed by atoms with Gasteiger partial charge in [0.05, 0.1) is 16.8 Å². The highest BCUT2D eigenvalue weighted by molar-refractivity contribution is 8.19. The van der Waals surface area contributed by atoms with Crippen molar-refractivity contribution in [1.82, 2.24) is 4.31 Å². The fourth-order valence-corrected chi connectivity index (χ4v) is 1.08. The Kier molecular flexibility index (Phi) is 4.03. The fourth-order valence-electron chi connectivity index (χ4n) is 0.788. The maximum Gasteiger partial charge on any atom is 0.332 e. The Balaban J connectivity index is 2.70. The van der Waals surface area contributed by atoms with E-state index in [1.165, 1.54) is 19.2 Å². The van der Waals surface area contributed by atoms with Gasteiger partial charge < -0.3 is 5.32 Å². The Hall–Kier alpha value is -0.940. The highest BCUT2D eigenvalue weighted by Gasteiger charge is 2.10. The SMILES string of the molecule is CN(SCl)C(=O)Nc1ccccc1F. The molecule has 0 unspecified atom stereocenters.